The molecule has 1 aromatic carbocycles. The molecule has 2 fully saturated rings. The van der Waals surface area contributed by atoms with E-state index in [9.17, 15) is 28.0 Å². The molecule has 1 aliphatic carbocycles. The third kappa shape index (κ3) is 5.09. The first kappa shape index (κ1) is 25.6. The highest BCUT2D eigenvalue weighted by molar-refractivity contribution is 8.14. The number of ketones is 1. The highest BCUT2D eigenvalue weighted by atomic mass is 32.2. The van der Waals surface area contributed by atoms with Crippen LogP contribution in [0.3, 0.4) is 0 Å². The summed E-state index contributed by atoms with van der Waals surface area (Å²) < 4.78 is 41.7. The van der Waals surface area contributed by atoms with E-state index >= 15 is 0 Å². The van der Waals surface area contributed by atoms with Crippen molar-refractivity contribution < 1.29 is 22.8 Å². The van der Waals surface area contributed by atoms with Gasteiger partial charge in [-0.2, -0.15) is 18.4 Å². The zero-order chi connectivity index (χ0) is 25.3. The second-order valence-corrected chi connectivity index (χ2v) is 11.2. The van der Waals surface area contributed by atoms with Crippen LogP contribution in [-0.2, 0) is 15.8 Å². The predicted molar refractivity (Wildman–Crippen MR) is 132 cm³/mol. The van der Waals surface area contributed by atoms with Gasteiger partial charge in [0.05, 0.1) is 22.9 Å². The van der Waals surface area contributed by atoms with Gasteiger partial charge in [0.25, 0.3) is 0 Å². The summed E-state index contributed by atoms with van der Waals surface area (Å²) in [5, 5.41) is 9.10. The Morgan fingerprint density at radius 1 is 1.29 bits per heavy atom. The number of hydrogen-bond acceptors (Lipinski definition) is 7. The standard InChI is InChI=1S/C24H25F3N4O2S2/c1-13(29)15(11-28)18(32)12-34-23-30-21-20(14-7-3-2-4-10-19(14)35-21)22(33)31(23)17-9-6-5-8-16(17)24(25,26)27/h5-6,8-9,14,19-21H,2-4,7,10,12,29H2,1H3/b15-13+. The van der Waals surface area contributed by atoms with Crippen molar-refractivity contribution in [3.8, 4) is 6.07 Å². The van der Waals surface area contributed by atoms with Gasteiger partial charge in [-0.15, -0.1) is 11.8 Å². The highest BCUT2D eigenvalue weighted by Gasteiger charge is 2.53. The van der Waals surface area contributed by atoms with Crippen molar-refractivity contribution in [3.05, 3.63) is 41.1 Å². The number of amides is 1. The molecule has 1 amide bonds. The van der Waals surface area contributed by atoms with Crippen LogP contribution in [0.5, 0.6) is 0 Å². The van der Waals surface area contributed by atoms with Crippen molar-refractivity contribution in [2.24, 2.45) is 22.6 Å². The third-order valence-corrected chi connectivity index (χ3v) is 9.15. The Morgan fingerprint density at radius 2 is 2.00 bits per heavy atom. The number of nitrogens with two attached hydrogens (primary N) is 1. The van der Waals surface area contributed by atoms with E-state index in [-0.39, 0.29) is 39.0 Å². The minimum absolute atomic E-state index is 0.0391. The molecule has 3 aliphatic rings. The first-order chi connectivity index (χ1) is 16.6. The second kappa shape index (κ2) is 10.3. The van der Waals surface area contributed by atoms with Gasteiger partial charge in [-0.1, -0.05) is 43.2 Å². The van der Waals surface area contributed by atoms with Crippen LogP contribution in [0.25, 0.3) is 0 Å². The van der Waals surface area contributed by atoms with Crippen LogP contribution < -0.4 is 10.6 Å². The van der Waals surface area contributed by atoms with Crippen molar-refractivity contribution in [1.29, 1.82) is 5.26 Å². The molecule has 1 aromatic rings. The Kier molecular flexibility index (Phi) is 7.52. The number of halogens is 3. The van der Waals surface area contributed by atoms with Gasteiger partial charge in [0, 0.05) is 10.9 Å². The number of alkyl halides is 3. The molecular formula is C24H25F3N4O2S2. The fraction of sp³-hybridized carbons (Fsp3) is 0.500. The summed E-state index contributed by atoms with van der Waals surface area (Å²) in [5.41, 5.74) is 4.23. The number of para-hydroxylation sites is 1. The molecule has 0 bridgehead atoms. The lowest BCUT2D eigenvalue weighted by molar-refractivity contribution is -0.137. The molecule has 6 nitrogen and oxygen atoms in total. The van der Waals surface area contributed by atoms with Crippen molar-refractivity contribution in [2.75, 3.05) is 10.7 Å². The smallest absolute Gasteiger partial charge is 0.401 e. The van der Waals surface area contributed by atoms with E-state index in [0.717, 1.165) is 54.8 Å². The Labute approximate surface area is 210 Å². The Balaban J connectivity index is 1.74. The monoisotopic (exact) mass is 522 g/mol. The number of carbonyl (C=O) groups is 2. The molecule has 1 saturated carbocycles. The average Bonchev–Trinajstić information content (AvgIpc) is 2.98. The van der Waals surface area contributed by atoms with Crippen molar-refractivity contribution in [1.82, 2.24) is 0 Å². The van der Waals surface area contributed by atoms with E-state index in [2.05, 4.69) is 0 Å². The van der Waals surface area contributed by atoms with Crippen molar-refractivity contribution >= 4 is 46.1 Å². The van der Waals surface area contributed by atoms with Gasteiger partial charge >= 0.3 is 6.18 Å². The summed E-state index contributed by atoms with van der Waals surface area (Å²) >= 11 is 2.48. The molecule has 4 atom stereocenters. The molecule has 0 spiro atoms. The second-order valence-electron chi connectivity index (χ2n) is 8.87. The summed E-state index contributed by atoms with van der Waals surface area (Å²) in [6.07, 6.45) is 0.256. The number of nitrogens with zero attached hydrogens (tertiary/aromatic N) is 3. The number of carbonyl (C=O) groups excluding carboxylic acids is 2. The average molecular weight is 523 g/mol. The Bertz CT molecular complexity index is 1120. The SMILES string of the molecule is C/C(N)=C(/C#N)C(=O)CSC1=NC2SC3CCCCCC3C2C(=O)N1c1ccccc1C(F)(F)F. The van der Waals surface area contributed by atoms with Gasteiger partial charge in [0.15, 0.2) is 11.0 Å². The van der Waals surface area contributed by atoms with E-state index in [1.165, 1.54) is 25.1 Å². The summed E-state index contributed by atoms with van der Waals surface area (Å²) in [7, 11) is 0. The summed E-state index contributed by atoms with van der Waals surface area (Å²) in [5.74, 6) is -1.70. The van der Waals surface area contributed by atoms with E-state index < -0.39 is 34.7 Å². The van der Waals surface area contributed by atoms with Gasteiger partial charge < -0.3 is 5.73 Å². The lowest BCUT2D eigenvalue weighted by Gasteiger charge is -2.35. The molecule has 4 rings (SSSR count). The molecule has 1 saturated heterocycles. The predicted octanol–water partition coefficient (Wildman–Crippen LogP) is 5.10. The number of anilines is 1. The maximum absolute atomic E-state index is 13.9. The zero-order valence-corrected chi connectivity index (χ0v) is 20.7. The number of allylic oxidation sites excluding steroid dienone is 2. The minimum Gasteiger partial charge on any atom is -0.401 e. The molecule has 0 radical (unpaired) electrons. The zero-order valence-electron chi connectivity index (χ0n) is 19.0. The van der Waals surface area contributed by atoms with Crippen LogP contribution in [0, 0.1) is 23.2 Å². The highest BCUT2D eigenvalue weighted by Crippen LogP contribution is 2.53. The van der Waals surface area contributed by atoms with Crippen molar-refractivity contribution in [2.45, 2.75) is 55.8 Å². The molecule has 4 unspecified atom stereocenters. The van der Waals surface area contributed by atoms with E-state index in [4.69, 9.17) is 10.7 Å². The van der Waals surface area contributed by atoms with Crippen LogP contribution >= 0.6 is 23.5 Å². The summed E-state index contributed by atoms with van der Waals surface area (Å²) in [6.45, 7) is 1.43. The third-order valence-electron chi connectivity index (χ3n) is 6.59. The maximum atomic E-state index is 13.9. The molecular weight excluding hydrogens is 497 g/mol. The van der Waals surface area contributed by atoms with Crippen LogP contribution in [0.15, 0.2) is 40.5 Å². The van der Waals surface area contributed by atoms with Crippen LogP contribution in [0.1, 0.15) is 44.6 Å². The van der Waals surface area contributed by atoms with E-state index in [1.807, 2.05) is 0 Å². The van der Waals surface area contributed by atoms with E-state index in [1.54, 1.807) is 17.8 Å². The molecule has 2 aliphatic heterocycles. The number of Topliss-reactive ketones (excluding diaryl/α,β-unsaturated/α-hetero) is 1. The van der Waals surface area contributed by atoms with Gasteiger partial charge in [0.2, 0.25) is 5.91 Å². The van der Waals surface area contributed by atoms with Crippen LogP contribution in [-0.4, -0.2) is 33.2 Å². The number of thioether (sulfide) groups is 2. The quantitative estimate of drug-likeness (QED) is 0.436. The normalized spacial score (nSPS) is 27.2. The molecule has 11 heteroatoms. The van der Waals surface area contributed by atoms with Gasteiger partial charge in [-0.05, 0) is 37.8 Å². The van der Waals surface area contributed by atoms with Crippen LogP contribution in [0.2, 0.25) is 0 Å². The topological polar surface area (TPSA) is 99.5 Å². The van der Waals surface area contributed by atoms with Gasteiger partial charge in [-0.25, -0.2) is 4.99 Å². The summed E-state index contributed by atoms with van der Waals surface area (Å²) in [4.78, 5) is 32.2. The molecule has 2 heterocycles. The number of rotatable bonds is 4. The molecule has 0 aromatic heterocycles. The van der Waals surface area contributed by atoms with Gasteiger partial charge in [0.1, 0.15) is 17.0 Å². The summed E-state index contributed by atoms with van der Waals surface area (Å²) in [6, 6.07) is 6.69. The number of nitriles is 1. The molecule has 35 heavy (non-hydrogen) atoms. The fourth-order valence-electron chi connectivity index (χ4n) is 4.99. The molecule has 2 N–H and O–H groups in total. The fourth-order valence-corrected chi connectivity index (χ4v) is 7.78. The number of amidine groups is 1. The lowest BCUT2D eigenvalue weighted by atomic mass is 9.84. The first-order valence-electron chi connectivity index (χ1n) is 11.4. The minimum atomic E-state index is -4.68. The first-order valence-corrected chi connectivity index (χ1v) is 13.3. The Morgan fingerprint density at radius 3 is 2.69 bits per heavy atom. The largest absolute Gasteiger partial charge is 0.418 e. The molecule has 186 valence electrons. The number of aliphatic imine (C=N–C) groups is 1. The number of benzene rings is 1. The lowest BCUT2D eigenvalue weighted by Crippen LogP contribution is -2.49. The number of fused-ring (bicyclic) bond motifs is 3. The Hall–Kier alpha value is -2.45. The van der Waals surface area contributed by atoms with Crippen molar-refractivity contribution in [3.63, 3.8) is 0 Å². The van der Waals surface area contributed by atoms with Gasteiger partial charge in [-0.3, -0.25) is 14.5 Å². The number of hydrogen-bond donors (Lipinski definition) is 1. The maximum Gasteiger partial charge on any atom is 0.418 e. The van der Waals surface area contributed by atoms with E-state index in [0.29, 0.717) is 0 Å². The van der Waals surface area contributed by atoms with Crippen LogP contribution in [0.4, 0.5) is 18.9 Å².